The molecule has 1 aromatic carbocycles. The van der Waals surface area contributed by atoms with Gasteiger partial charge in [-0.3, -0.25) is 9.71 Å². The van der Waals surface area contributed by atoms with Crippen molar-refractivity contribution in [3.8, 4) is 0 Å². The molecule has 0 saturated heterocycles. The molecule has 0 aliphatic rings. The fourth-order valence-electron chi connectivity index (χ4n) is 1.23. The number of nitrogens with two attached hydrogens (primary N) is 1. The molecule has 0 radical (unpaired) electrons. The predicted molar refractivity (Wildman–Crippen MR) is 60.8 cm³/mol. The molecule has 0 aromatic heterocycles. The number of sulfonamides is 1. The van der Waals surface area contributed by atoms with Gasteiger partial charge in [0.2, 0.25) is 0 Å². The average Bonchev–Trinajstić information content (AvgIpc) is 2.27. The average molecular weight is 263 g/mol. The first-order chi connectivity index (χ1) is 7.78. The molecule has 0 bridgehead atoms. The smallest absolute Gasteiger partial charge is 0.355 e. The third kappa shape index (κ3) is 2.52. The second kappa shape index (κ2) is 4.66. The van der Waals surface area contributed by atoms with Crippen LogP contribution >= 0.6 is 0 Å². The van der Waals surface area contributed by atoms with E-state index in [9.17, 15) is 17.2 Å². The number of hydrogen-bond acceptors (Lipinski definition) is 3. The van der Waals surface area contributed by atoms with Gasteiger partial charge in [0.1, 0.15) is 5.84 Å². The number of benzene rings is 1. The third-order valence-electron chi connectivity index (χ3n) is 2.14. The summed E-state index contributed by atoms with van der Waals surface area (Å²) in [5.41, 5.74) is 5.27. The Balaban J connectivity index is 3.31. The van der Waals surface area contributed by atoms with Gasteiger partial charge in [-0.2, -0.15) is 8.78 Å². The van der Waals surface area contributed by atoms with Crippen LogP contribution in [0.25, 0.3) is 0 Å². The van der Waals surface area contributed by atoms with Crippen LogP contribution < -0.4 is 10.0 Å². The molecule has 0 fully saturated rings. The zero-order valence-electron chi connectivity index (χ0n) is 8.89. The Morgan fingerprint density at radius 3 is 2.41 bits per heavy atom. The zero-order chi connectivity index (χ0) is 13.2. The van der Waals surface area contributed by atoms with E-state index < -0.39 is 21.6 Å². The van der Waals surface area contributed by atoms with Crippen molar-refractivity contribution in [2.24, 2.45) is 5.73 Å². The predicted octanol–water partition coefficient (Wildman–Crippen LogP) is 0.959. The second-order valence-electron chi connectivity index (χ2n) is 3.20. The molecule has 1 aromatic rings. The highest BCUT2D eigenvalue weighted by Gasteiger charge is 2.30. The lowest BCUT2D eigenvalue weighted by molar-refractivity contribution is 0.234. The molecule has 0 atom stereocenters. The van der Waals surface area contributed by atoms with E-state index in [4.69, 9.17) is 11.1 Å². The number of hydrogen-bond donors (Lipinski definition) is 2. The van der Waals surface area contributed by atoms with Crippen molar-refractivity contribution in [1.29, 1.82) is 5.41 Å². The molecule has 1 rings (SSSR count). The van der Waals surface area contributed by atoms with E-state index in [0.29, 0.717) is 4.31 Å². The van der Waals surface area contributed by atoms with Crippen LogP contribution in [0.2, 0.25) is 0 Å². The molecule has 3 N–H and O–H groups in total. The number of halogens is 2. The van der Waals surface area contributed by atoms with Crippen LogP contribution in [0.15, 0.2) is 24.3 Å². The maximum Gasteiger partial charge on any atom is 0.355 e. The van der Waals surface area contributed by atoms with E-state index in [-0.39, 0.29) is 11.3 Å². The minimum Gasteiger partial charge on any atom is -0.384 e. The lowest BCUT2D eigenvalue weighted by atomic mass is 10.1. The van der Waals surface area contributed by atoms with Crippen LogP contribution in [-0.2, 0) is 10.0 Å². The number of anilines is 1. The highest BCUT2D eigenvalue weighted by atomic mass is 32.2. The zero-order valence-corrected chi connectivity index (χ0v) is 9.71. The van der Waals surface area contributed by atoms with Gasteiger partial charge in [0.15, 0.2) is 0 Å². The molecule has 0 heterocycles. The first-order valence-corrected chi connectivity index (χ1v) is 5.98. The molecule has 94 valence electrons. The van der Waals surface area contributed by atoms with E-state index >= 15 is 0 Å². The van der Waals surface area contributed by atoms with Crippen molar-refractivity contribution in [2.45, 2.75) is 5.76 Å². The Kier molecular flexibility index (Phi) is 3.66. The standard InChI is InChI=1S/C9H11F2N3O2S/c1-14(17(15,16)9(10)11)7-5-3-2-4-6(7)8(12)13/h2-5,9H,1H3,(H3,12,13). The lowest BCUT2D eigenvalue weighted by Crippen LogP contribution is -2.33. The fourth-order valence-corrected chi connectivity index (χ4v) is 1.91. The quantitative estimate of drug-likeness (QED) is 0.626. The van der Waals surface area contributed by atoms with Gasteiger partial charge in [-0.25, -0.2) is 8.42 Å². The summed E-state index contributed by atoms with van der Waals surface area (Å²) < 4.78 is 47.7. The molecule has 0 spiro atoms. The van der Waals surface area contributed by atoms with Crippen molar-refractivity contribution in [3.05, 3.63) is 29.8 Å². The van der Waals surface area contributed by atoms with E-state index in [0.717, 1.165) is 7.05 Å². The van der Waals surface area contributed by atoms with Gasteiger partial charge in [0.05, 0.1) is 5.69 Å². The first kappa shape index (κ1) is 13.4. The number of para-hydroxylation sites is 1. The Hall–Kier alpha value is -1.70. The van der Waals surface area contributed by atoms with Gasteiger partial charge in [0.25, 0.3) is 10.0 Å². The van der Waals surface area contributed by atoms with E-state index in [1.807, 2.05) is 0 Å². The van der Waals surface area contributed by atoms with Crippen molar-refractivity contribution >= 4 is 21.5 Å². The normalized spacial score (nSPS) is 11.5. The number of amidine groups is 1. The van der Waals surface area contributed by atoms with Crippen molar-refractivity contribution < 1.29 is 17.2 Å². The summed E-state index contributed by atoms with van der Waals surface area (Å²) >= 11 is 0. The van der Waals surface area contributed by atoms with Gasteiger partial charge >= 0.3 is 5.76 Å². The van der Waals surface area contributed by atoms with Crippen molar-refractivity contribution in [2.75, 3.05) is 11.4 Å². The van der Waals surface area contributed by atoms with Gasteiger partial charge in [-0.15, -0.1) is 0 Å². The molecule has 17 heavy (non-hydrogen) atoms. The monoisotopic (exact) mass is 263 g/mol. The SMILES string of the molecule is CN(c1ccccc1C(=N)N)S(=O)(=O)C(F)F. The second-order valence-corrected chi connectivity index (χ2v) is 5.14. The van der Waals surface area contributed by atoms with Crippen LogP contribution in [0.3, 0.4) is 0 Å². The highest BCUT2D eigenvalue weighted by Crippen LogP contribution is 2.23. The molecule has 8 heteroatoms. The maximum atomic E-state index is 12.4. The Morgan fingerprint density at radius 1 is 1.41 bits per heavy atom. The van der Waals surface area contributed by atoms with Gasteiger partial charge in [0, 0.05) is 12.6 Å². The van der Waals surface area contributed by atoms with Crippen LogP contribution in [-0.4, -0.2) is 27.1 Å². The van der Waals surface area contributed by atoms with Gasteiger partial charge in [-0.1, -0.05) is 12.1 Å². The van der Waals surface area contributed by atoms with Crippen molar-refractivity contribution in [3.63, 3.8) is 0 Å². The molecule has 5 nitrogen and oxygen atoms in total. The number of rotatable bonds is 4. The molecular weight excluding hydrogens is 252 g/mol. The van der Waals surface area contributed by atoms with Crippen LogP contribution in [0.5, 0.6) is 0 Å². The summed E-state index contributed by atoms with van der Waals surface area (Å²) in [5.74, 6) is -3.91. The summed E-state index contributed by atoms with van der Waals surface area (Å²) in [6.07, 6.45) is 0. The van der Waals surface area contributed by atoms with Gasteiger partial charge < -0.3 is 5.73 Å². The van der Waals surface area contributed by atoms with Crippen LogP contribution in [0.4, 0.5) is 14.5 Å². The molecule has 0 unspecified atom stereocenters. The Morgan fingerprint density at radius 2 is 1.94 bits per heavy atom. The van der Waals surface area contributed by atoms with E-state index in [1.54, 1.807) is 0 Å². The molecule has 0 aliphatic carbocycles. The topological polar surface area (TPSA) is 87.2 Å². The first-order valence-electron chi connectivity index (χ1n) is 4.47. The number of nitrogens with zero attached hydrogens (tertiary/aromatic N) is 1. The third-order valence-corrected chi connectivity index (χ3v) is 3.55. The van der Waals surface area contributed by atoms with Crippen LogP contribution in [0.1, 0.15) is 5.56 Å². The van der Waals surface area contributed by atoms with Gasteiger partial charge in [-0.05, 0) is 12.1 Å². The molecule has 0 aliphatic heterocycles. The summed E-state index contributed by atoms with van der Waals surface area (Å²) in [4.78, 5) is 0. The van der Waals surface area contributed by atoms with E-state index in [1.165, 1.54) is 24.3 Å². The molecular formula is C9H11F2N3O2S. The largest absolute Gasteiger partial charge is 0.384 e. The minimum atomic E-state index is -4.74. The van der Waals surface area contributed by atoms with Crippen LogP contribution in [0, 0.1) is 5.41 Å². The number of alkyl halides is 2. The Bertz CT molecular complexity index is 531. The van der Waals surface area contributed by atoms with E-state index in [2.05, 4.69) is 0 Å². The maximum absolute atomic E-state index is 12.4. The summed E-state index contributed by atoms with van der Waals surface area (Å²) in [7, 11) is -3.75. The molecule has 0 saturated carbocycles. The number of nitrogen functional groups attached to an aromatic ring is 1. The fraction of sp³-hybridized carbons (Fsp3) is 0.222. The minimum absolute atomic E-state index is 0.0553. The Labute approximate surface area is 97.4 Å². The summed E-state index contributed by atoms with van der Waals surface area (Å²) in [6, 6.07) is 5.69. The lowest BCUT2D eigenvalue weighted by Gasteiger charge is -2.21. The highest BCUT2D eigenvalue weighted by molar-refractivity contribution is 7.93. The summed E-state index contributed by atoms with van der Waals surface area (Å²) in [6.45, 7) is 0. The summed E-state index contributed by atoms with van der Waals surface area (Å²) in [5, 5.41) is 7.25. The molecule has 0 amide bonds. The number of nitrogens with one attached hydrogen (secondary N) is 1. The van der Waals surface area contributed by atoms with Crippen molar-refractivity contribution in [1.82, 2.24) is 0 Å².